The van der Waals surface area contributed by atoms with E-state index in [1.165, 1.54) is 6.08 Å². The van der Waals surface area contributed by atoms with Crippen LogP contribution in [0.15, 0.2) is 54.6 Å². The summed E-state index contributed by atoms with van der Waals surface area (Å²) in [5, 5.41) is 8.51. The molecule has 152 valence electrons. The van der Waals surface area contributed by atoms with Crippen molar-refractivity contribution in [2.75, 3.05) is 17.2 Å². The smallest absolute Gasteiger partial charge is 0.250 e. The van der Waals surface area contributed by atoms with Crippen LogP contribution in [-0.4, -0.2) is 23.5 Å². The number of amides is 2. The minimum absolute atomic E-state index is 0.0718. The fourth-order valence-corrected chi connectivity index (χ4v) is 2.51. The molecule has 0 heterocycles. The maximum Gasteiger partial charge on any atom is 0.250 e. The highest BCUT2D eigenvalue weighted by Crippen LogP contribution is 2.16. The van der Waals surface area contributed by atoms with Crippen LogP contribution >= 0.6 is 12.2 Å². The van der Waals surface area contributed by atoms with Gasteiger partial charge in [-0.2, -0.15) is 0 Å². The van der Waals surface area contributed by atoms with Gasteiger partial charge in [0.2, 0.25) is 11.8 Å². The lowest BCUT2D eigenvalue weighted by Gasteiger charge is -2.11. The quantitative estimate of drug-likeness (QED) is 0.470. The molecule has 0 unspecified atom stereocenters. The van der Waals surface area contributed by atoms with Gasteiger partial charge < -0.3 is 15.4 Å². The fraction of sp³-hybridized carbons (Fsp3) is 0.227. The standard InChI is InChI=1S/C22H25N3O3S/c1-4-28-19-11-8-16(9-12-19)10-13-20(26)25-22(29)24-18-7-5-6-17(14-18)23-21(27)15(2)3/h5-15H,4H2,1-3H3,(H,23,27)(H2,24,25,26,29)/b13-10+. The van der Waals surface area contributed by atoms with Gasteiger partial charge in [0.05, 0.1) is 6.61 Å². The molecule has 0 saturated heterocycles. The zero-order chi connectivity index (χ0) is 21.2. The molecule has 0 aromatic heterocycles. The van der Waals surface area contributed by atoms with Gasteiger partial charge in [-0.3, -0.25) is 14.9 Å². The lowest BCUT2D eigenvalue weighted by molar-refractivity contribution is -0.119. The Balaban J connectivity index is 1.88. The number of rotatable bonds is 7. The van der Waals surface area contributed by atoms with Crippen LogP contribution in [0.5, 0.6) is 5.75 Å². The Hall–Kier alpha value is -3.19. The Morgan fingerprint density at radius 3 is 2.34 bits per heavy atom. The molecular weight excluding hydrogens is 386 g/mol. The topological polar surface area (TPSA) is 79.5 Å². The van der Waals surface area contributed by atoms with E-state index in [9.17, 15) is 9.59 Å². The van der Waals surface area contributed by atoms with Crippen molar-refractivity contribution in [1.82, 2.24) is 5.32 Å². The van der Waals surface area contributed by atoms with Gasteiger partial charge in [-0.15, -0.1) is 0 Å². The highest BCUT2D eigenvalue weighted by atomic mass is 32.1. The Bertz CT molecular complexity index is 892. The van der Waals surface area contributed by atoms with E-state index in [1.54, 1.807) is 30.3 Å². The maximum absolute atomic E-state index is 12.1. The zero-order valence-corrected chi connectivity index (χ0v) is 17.5. The second kappa shape index (κ2) is 11.0. The Labute approximate surface area is 176 Å². The molecule has 2 aromatic carbocycles. The van der Waals surface area contributed by atoms with Gasteiger partial charge in [-0.1, -0.05) is 32.0 Å². The molecule has 0 radical (unpaired) electrons. The third-order valence-corrected chi connectivity index (χ3v) is 3.97. The molecule has 7 heteroatoms. The van der Waals surface area contributed by atoms with Gasteiger partial charge in [0, 0.05) is 23.4 Å². The second-order valence-electron chi connectivity index (χ2n) is 6.50. The van der Waals surface area contributed by atoms with Crippen LogP contribution in [0.3, 0.4) is 0 Å². The van der Waals surface area contributed by atoms with Crippen molar-refractivity contribution in [3.63, 3.8) is 0 Å². The van der Waals surface area contributed by atoms with Gasteiger partial charge in [0.1, 0.15) is 5.75 Å². The highest BCUT2D eigenvalue weighted by Gasteiger charge is 2.08. The molecule has 0 atom stereocenters. The van der Waals surface area contributed by atoms with E-state index in [0.717, 1.165) is 11.3 Å². The number of nitrogens with one attached hydrogen (secondary N) is 3. The Kier molecular flexibility index (Phi) is 8.36. The lowest BCUT2D eigenvalue weighted by atomic mass is 10.2. The van der Waals surface area contributed by atoms with Gasteiger partial charge in [-0.05, 0) is 61.1 Å². The first kappa shape index (κ1) is 22.1. The number of benzene rings is 2. The van der Waals surface area contributed by atoms with Crippen molar-refractivity contribution in [2.45, 2.75) is 20.8 Å². The monoisotopic (exact) mass is 411 g/mol. The zero-order valence-electron chi connectivity index (χ0n) is 16.7. The number of ether oxygens (including phenoxy) is 1. The molecule has 0 bridgehead atoms. The summed E-state index contributed by atoms with van der Waals surface area (Å²) in [7, 11) is 0. The van der Waals surface area contributed by atoms with E-state index in [2.05, 4.69) is 16.0 Å². The predicted molar refractivity (Wildman–Crippen MR) is 121 cm³/mol. The highest BCUT2D eigenvalue weighted by molar-refractivity contribution is 7.80. The van der Waals surface area contributed by atoms with Crippen LogP contribution < -0.4 is 20.7 Å². The van der Waals surface area contributed by atoms with Gasteiger partial charge >= 0.3 is 0 Å². The summed E-state index contributed by atoms with van der Waals surface area (Å²) in [5.74, 6) is 0.249. The summed E-state index contributed by atoms with van der Waals surface area (Å²) < 4.78 is 5.38. The first-order chi connectivity index (χ1) is 13.9. The van der Waals surface area contributed by atoms with Crippen molar-refractivity contribution >= 4 is 46.6 Å². The lowest BCUT2D eigenvalue weighted by Crippen LogP contribution is -2.32. The fourth-order valence-electron chi connectivity index (χ4n) is 2.29. The van der Waals surface area contributed by atoms with E-state index in [0.29, 0.717) is 18.0 Å². The molecule has 3 N–H and O–H groups in total. The van der Waals surface area contributed by atoms with Gasteiger partial charge in [0.15, 0.2) is 5.11 Å². The van der Waals surface area contributed by atoms with Gasteiger partial charge in [-0.25, -0.2) is 0 Å². The van der Waals surface area contributed by atoms with Crippen molar-refractivity contribution in [3.8, 4) is 5.75 Å². The summed E-state index contributed by atoms with van der Waals surface area (Å²) in [6.45, 7) is 6.17. The molecule has 29 heavy (non-hydrogen) atoms. The number of anilines is 2. The predicted octanol–water partition coefficient (Wildman–Crippen LogP) is 4.21. The number of thiocarbonyl (C=S) groups is 1. The largest absolute Gasteiger partial charge is 0.494 e. The van der Waals surface area contributed by atoms with E-state index >= 15 is 0 Å². The van der Waals surface area contributed by atoms with E-state index < -0.39 is 0 Å². The minimum Gasteiger partial charge on any atom is -0.494 e. The summed E-state index contributed by atoms with van der Waals surface area (Å²) in [6.07, 6.45) is 3.10. The minimum atomic E-state index is -0.347. The molecular formula is C22H25N3O3S. The van der Waals surface area contributed by atoms with Crippen LogP contribution in [0.1, 0.15) is 26.3 Å². The molecule has 0 spiro atoms. The van der Waals surface area contributed by atoms with Crippen LogP contribution in [-0.2, 0) is 9.59 Å². The van der Waals surface area contributed by atoms with E-state index in [-0.39, 0.29) is 22.8 Å². The average molecular weight is 412 g/mol. The molecule has 0 aliphatic rings. The SMILES string of the molecule is CCOc1ccc(/C=C/C(=O)NC(=S)Nc2cccc(NC(=O)C(C)C)c2)cc1. The molecule has 0 fully saturated rings. The van der Waals surface area contributed by atoms with E-state index in [4.69, 9.17) is 17.0 Å². The number of hydrogen-bond acceptors (Lipinski definition) is 4. The van der Waals surface area contributed by atoms with Crippen molar-refractivity contribution in [1.29, 1.82) is 0 Å². The molecule has 2 aromatic rings. The van der Waals surface area contributed by atoms with Crippen molar-refractivity contribution < 1.29 is 14.3 Å². The number of carbonyl (C=O) groups is 2. The Morgan fingerprint density at radius 2 is 1.72 bits per heavy atom. The summed E-state index contributed by atoms with van der Waals surface area (Å²) in [5.41, 5.74) is 2.18. The van der Waals surface area contributed by atoms with Crippen LogP contribution in [0.25, 0.3) is 6.08 Å². The van der Waals surface area contributed by atoms with Crippen molar-refractivity contribution in [3.05, 3.63) is 60.2 Å². The first-order valence-corrected chi connectivity index (χ1v) is 9.72. The van der Waals surface area contributed by atoms with Crippen LogP contribution in [0, 0.1) is 5.92 Å². The van der Waals surface area contributed by atoms with Crippen LogP contribution in [0.4, 0.5) is 11.4 Å². The third-order valence-electron chi connectivity index (χ3n) is 3.77. The molecule has 2 amide bonds. The molecule has 0 aliphatic heterocycles. The van der Waals surface area contributed by atoms with Crippen molar-refractivity contribution in [2.24, 2.45) is 5.92 Å². The number of hydrogen-bond donors (Lipinski definition) is 3. The molecule has 6 nitrogen and oxygen atoms in total. The molecule has 0 saturated carbocycles. The number of carbonyl (C=O) groups excluding carboxylic acids is 2. The molecule has 2 rings (SSSR count). The maximum atomic E-state index is 12.1. The van der Waals surface area contributed by atoms with Gasteiger partial charge in [0.25, 0.3) is 0 Å². The van der Waals surface area contributed by atoms with E-state index in [1.807, 2.05) is 45.0 Å². The third kappa shape index (κ3) is 7.75. The Morgan fingerprint density at radius 1 is 1.07 bits per heavy atom. The first-order valence-electron chi connectivity index (χ1n) is 9.31. The summed E-state index contributed by atoms with van der Waals surface area (Å²) >= 11 is 5.18. The normalized spacial score (nSPS) is 10.6. The molecule has 0 aliphatic carbocycles. The summed E-state index contributed by atoms with van der Waals surface area (Å²) in [4.78, 5) is 23.9. The summed E-state index contributed by atoms with van der Waals surface area (Å²) in [6, 6.07) is 14.5. The second-order valence-corrected chi connectivity index (χ2v) is 6.91. The van der Waals surface area contributed by atoms with Crippen LogP contribution in [0.2, 0.25) is 0 Å². The average Bonchev–Trinajstić information content (AvgIpc) is 2.67.